The van der Waals surface area contributed by atoms with Crippen molar-refractivity contribution in [1.29, 1.82) is 0 Å². The fourth-order valence-electron chi connectivity index (χ4n) is 2.60. The molecule has 0 radical (unpaired) electrons. The minimum atomic E-state index is 0.0174. The van der Waals surface area contributed by atoms with Crippen LogP contribution in [0.15, 0.2) is 48.5 Å². The van der Waals surface area contributed by atoms with Crippen LogP contribution in [0.2, 0.25) is 0 Å². The van der Waals surface area contributed by atoms with Crippen LogP contribution in [0, 0.1) is 0 Å². The first kappa shape index (κ1) is 16.3. The molecule has 0 spiro atoms. The van der Waals surface area contributed by atoms with Crippen molar-refractivity contribution in [2.24, 2.45) is 0 Å². The molecule has 24 heavy (non-hydrogen) atoms. The van der Waals surface area contributed by atoms with E-state index in [1.54, 1.807) is 0 Å². The van der Waals surface area contributed by atoms with Gasteiger partial charge in [0.2, 0.25) is 12.7 Å². The van der Waals surface area contributed by atoms with Gasteiger partial charge in [0.05, 0.1) is 6.54 Å². The van der Waals surface area contributed by atoms with Crippen LogP contribution in [0.1, 0.15) is 17.5 Å². The second kappa shape index (κ2) is 8.36. The molecule has 0 saturated heterocycles. The lowest BCUT2D eigenvalue weighted by atomic mass is 10.1. The Bertz CT molecular complexity index is 674. The van der Waals surface area contributed by atoms with Gasteiger partial charge in [-0.3, -0.25) is 4.79 Å². The van der Waals surface area contributed by atoms with Crippen molar-refractivity contribution in [1.82, 2.24) is 10.6 Å². The van der Waals surface area contributed by atoms with Gasteiger partial charge in [-0.1, -0.05) is 36.4 Å². The molecule has 2 aromatic carbocycles. The second-order valence-corrected chi connectivity index (χ2v) is 5.73. The molecule has 0 aliphatic carbocycles. The second-order valence-electron chi connectivity index (χ2n) is 5.73. The maximum absolute atomic E-state index is 11.8. The zero-order chi connectivity index (χ0) is 16.6. The van der Waals surface area contributed by atoms with E-state index in [0.717, 1.165) is 29.9 Å². The van der Waals surface area contributed by atoms with Crippen LogP contribution in [0.25, 0.3) is 0 Å². The number of carbonyl (C=O) groups is 1. The fourth-order valence-corrected chi connectivity index (χ4v) is 2.60. The van der Waals surface area contributed by atoms with E-state index in [9.17, 15) is 4.79 Å². The van der Waals surface area contributed by atoms with E-state index in [1.807, 2.05) is 36.4 Å². The van der Waals surface area contributed by atoms with Crippen LogP contribution in [0.4, 0.5) is 0 Å². The van der Waals surface area contributed by atoms with Crippen molar-refractivity contribution in [2.45, 2.75) is 19.4 Å². The molecule has 1 heterocycles. The Morgan fingerprint density at radius 1 is 1.00 bits per heavy atom. The third kappa shape index (κ3) is 4.73. The van der Waals surface area contributed by atoms with E-state index >= 15 is 0 Å². The van der Waals surface area contributed by atoms with Crippen LogP contribution in [0.5, 0.6) is 11.5 Å². The van der Waals surface area contributed by atoms with Gasteiger partial charge in [-0.15, -0.1) is 0 Å². The van der Waals surface area contributed by atoms with Gasteiger partial charge in [0.25, 0.3) is 0 Å². The number of hydrogen-bond donors (Lipinski definition) is 2. The Hall–Kier alpha value is -2.53. The van der Waals surface area contributed by atoms with Crippen LogP contribution in [-0.2, 0) is 17.8 Å². The lowest BCUT2D eigenvalue weighted by Gasteiger charge is -2.07. The molecule has 0 saturated carbocycles. The summed E-state index contributed by atoms with van der Waals surface area (Å²) in [6.07, 6.45) is 1.92. The van der Waals surface area contributed by atoms with Crippen molar-refractivity contribution in [3.05, 3.63) is 59.7 Å². The standard InChI is InChI=1S/C19H22N2O3/c22-19(21-10-4-7-15-5-2-1-3-6-15)13-20-12-16-8-9-17-18(11-16)24-14-23-17/h1-3,5-6,8-9,11,20H,4,7,10,12-14H2,(H,21,22). The summed E-state index contributed by atoms with van der Waals surface area (Å²) < 4.78 is 10.6. The number of hydrogen-bond acceptors (Lipinski definition) is 4. The lowest BCUT2D eigenvalue weighted by molar-refractivity contribution is -0.120. The normalized spacial score (nSPS) is 12.2. The number of rotatable bonds is 8. The Labute approximate surface area is 142 Å². The molecule has 1 aliphatic heterocycles. The number of benzene rings is 2. The highest BCUT2D eigenvalue weighted by molar-refractivity contribution is 5.77. The fraction of sp³-hybridized carbons (Fsp3) is 0.316. The van der Waals surface area contributed by atoms with Crippen molar-refractivity contribution >= 4 is 5.91 Å². The SMILES string of the molecule is O=C(CNCc1ccc2c(c1)OCO2)NCCCc1ccccc1. The Morgan fingerprint density at radius 3 is 2.71 bits per heavy atom. The summed E-state index contributed by atoms with van der Waals surface area (Å²) in [4.78, 5) is 11.8. The molecule has 5 heteroatoms. The maximum atomic E-state index is 11.8. The molecular weight excluding hydrogens is 304 g/mol. The maximum Gasteiger partial charge on any atom is 0.233 e. The van der Waals surface area contributed by atoms with E-state index in [2.05, 4.69) is 22.8 Å². The highest BCUT2D eigenvalue weighted by Gasteiger charge is 2.12. The zero-order valence-electron chi connectivity index (χ0n) is 13.6. The zero-order valence-corrected chi connectivity index (χ0v) is 13.6. The number of fused-ring (bicyclic) bond motifs is 1. The molecule has 1 amide bonds. The van der Waals surface area contributed by atoms with Gasteiger partial charge in [0, 0.05) is 13.1 Å². The summed E-state index contributed by atoms with van der Waals surface area (Å²) in [5, 5.41) is 6.08. The van der Waals surface area contributed by atoms with Gasteiger partial charge >= 0.3 is 0 Å². The Balaban J connectivity index is 1.30. The van der Waals surface area contributed by atoms with Crippen LogP contribution in [-0.4, -0.2) is 25.8 Å². The van der Waals surface area contributed by atoms with Gasteiger partial charge in [-0.05, 0) is 36.1 Å². The number of ether oxygens (including phenoxy) is 2. The Kier molecular flexibility index (Phi) is 5.69. The third-order valence-electron chi connectivity index (χ3n) is 3.86. The largest absolute Gasteiger partial charge is 0.454 e. The van der Waals surface area contributed by atoms with E-state index in [1.165, 1.54) is 5.56 Å². The van der Waals surface area contributed by atoms with Crippen LogP contribution < -0.4 is 20.1 Å². The number of aryl methyl sites for hydroxylation is 1. The summed E-state index contributed by atoms with van der Waals surface area (Å²) in [6.45, 7) is 1.89. The number of nitrogens with one attached hydrogen (secondary N) is 2. The van der Waals surface area contributed by atoms with E-state index in [4.69, 9.17) is 9.47 Å². The molecule has 0 aromatic heterocycles. The first-order valence-electron chi connectivity index (χ1n) is 8.21. The minimum Gasteiger partial charge on any atom is -0.454 e. The average molecular weight is 326 g/mol. The molecule has 3 rings (SSSR count). The molecule has 2 aromatic rings. The summed E-state index contributed by atoms with van der Waals surface area (Å²) in [6, 6.07) is 16.1. The van der Waals surface area contributed by atoms with Crippen LogP contribution >= 0.6 is 0 Å². The van der Waals surface area contributed by atoms with Gasteiger partial charge in [-0.25, -0.2) is 0 Å². The first-order chi connectivity index (χ1) is 11.8. The molecule has 5 nitrogen and oxygen atoms in total. The molecule has 0 bridgehead atoms. The number of amides is 1. The first-order valence-corrected chi connectivity index (χ1v) is 8.21. The van der Waals surface area contributed by atoms with E-state index < -0.39 is 0 Å². The average Bonchev–Trinajstić information content (AvgIpc) is 3.07. The Morgan fingerprint density at radius 2 is 1.83 bits per heavy atom. The minimum absolute atomic E-state index is 0.0174. The summed E-state index contributed by atoms with van der Waals surface area (Å²) in [5.41, 5.74) is 2.36. The molecule has 126 valence electrons. The highest BCUT2D eigenvalue weighted by atomic mass is 16.7. The van der Waals surface area contributed by atoms with E-state index in [0.29, 0.717) is 19.6 Å². The molecule has 0 unspecified atom stereocenters. The highest BCUT2D eigenvalue weighted by Crippen LogP contribution is 2.32. The van der Waals surface area contributed by atoms with E-state index in [-0.39, 0.29) is 12.7 Å². The van der Waals surface area contributed by atoms with Crippen molar-refractivity contribution in [2.75, 3.05) is 19.9 Å². The predicted octanol–water partition coefficient (Wildman–Crippen LogP) is 2.25. The van der Waals surface area contributed by atoms with Gasteiger partial charge in [0.1, 0.15) is 0 Å². The lowest BCUT2D eigenvalue weighted by Crippen LogP contribution is -2.34. The molecule has 0 atom stereocenters. The molecule has 0 fully saturated rings. The van der Waals surface area contributed by atoms with Gasteiger partial charge < -0.3 is 20.1 Å². The predicted molar refractivity (Wildman–Crippen MR) is 92.0 cm³/mol. The van der Waals surface area contributed by atoms with Gasteiger partial charge in [0.15, 0.2) is 11.5 Å². The molecule has 1 aliphatic rings. The van der Waals surface area contributed by atoms with Crippen molar-refractivity contribution in [3.8, 4) is 11.5 Å². The smallest absolute Gasteiger partial charge is 0.233 e. The van der Waals surface area contributed by atoms with Crippen molar-refractivity contribution in [3.63, 3.8) is 0 Å². The molecule has 2 N–H and O–H groups in total. The monoisotopic (exact) mass is 326 g/mol. The van der Waals surface area contributed by atoms with Crippen molar-refractivity contribution < 1.29 is 14.3 Å². The summed E-state index contributed by atoms with van der Waals surface area (Å²) >= 11 is 0. The third-order valence-corrected chi connectivity index (χ3v) is 3.86. The summed E-state index contributed by atoms with van der Waals surface area (Å²) in [5.74, 6) is 1.55. The number of carbonyl (C=O) groups excluding carboxylic acids is 1. The quantitative estimate of drug-likeness (QED) is 0.731. The van der Waals surface area contributed by atoms with Crippen LogP contribution in [0.3, 0.4) is 0 Å². The van der Waals surface area contributed by atoms with Gasteiger partial charge in [-0.2, -0.15) is 0 Å². The summed E-state index contributed by atoms with van der Waals surface area (Å²) in [7, 11) is 0. The topological polar surface area (TPSA) is 59.6 Å². The molecular formula is C19H22N2O3.